The SMILES string of the molecule is COc1ncccc1CN[C@H](C)c1cc(F)c(F)c(F)c1. The molecule has 0 amide bonds. The molecular weight excluding hydrogens is 281 g/mol. The van der Waals surface area contributed by atoms with Crippen LogP contribution in [0.25, 0.3) is 0 Å². The van der Waals surface area contributed by atoms with Crippen molar-refractivity contribution in [2.24, 2.45) is 0 Å². The number of rotatable bonds is 5. The van der Waals surface area contributed by atoms with Crippen molar-refractivity contribution in [3.05, 3.63) is 59.0 Å². The average Bonchev–Trinajstić information content (AvgIpc) is 2.49. The maximum atomic E-state index is 13.2. The van der Waals surface area contributed by atoms with E-state index >= 15 is 0 Å². The van der Waals surface area contributed by atoms with Gasteiger partial charge in [-0.05, 0) is 30.7 Å². The van der Waals surface area contributed by atoms with Crippen LogP contribution in [-0.2, 0) is 6.54 Å². The first kappa shape index (κ1) is 15.3. The highest BCUT2D eigenvalue weighted by atomic mass is 19.2. The molecule has 0 aliphatic carbocycles. The summed E-state index contributed by atoms with van der Waals surface area (Å²) in [4.78, 5) is 4.06. The number of pyridine rings is 1. The van der Waals surface area contributed by atoms with Gasteiger partial charge < -0.3 is 10.1 Å². The zero-order valence-electron chi connectivity index (χ0n) is 11.7. The number of methoxy groups -OCH3 is 1. The van der Waals surface area contributed by atoms with Crippen molar-refractivity contribution in [2.75, 3.05) is 7.11 Å². The lowest BCUT2D eigenvalue weighted by molar-refractivity contribution is 0.389. The van der Waals surface area contributed by atoms with Crippen LogP contribution in [-0.4, -0.2) is 12.1 Å². The molecule has 2 rings (SSSR count). The summed E-state index contributed by atoms with van der Waals surface area (Å²) >= 11 is 0. The van der Waals surface area contributed by atoms with Gasteiger partial charge in [0, 0.05) is 24.3 Å². The second kappa shape index (κ2) is 6.58. The van der Waals surface area contributed by atoms with E-state index in [1.54, 1.807) is 19.2 Å². The third-order valence-electron chi connectivity index (χ3n) is 3.15. The fourth-order valence-electron chi connectivity index (χ4n) is 1.95. The molecule has 1 aromatic carbocycles. The third-order valence-corrected chi connectivity index (χ3v) is 3.15. The van der Waals surface area contributed by atoms with E-state index in [2.05, 4.69) is 10.3 Å². The van der Waals surface area contributed by atoms with Gasteiger partial charge in [0.25, 0.3) is 0 Å². The first-order chi connectivity index (χ1) is 10.0. The number of aromatic nitrogens is 1. The summed E-state index contributed by atoms with van der Waals surface area (Å²) in [5.74, 6) is -3.37. The zero-order valence-corrected chi connectivity index (χ0v) is 11.7. The molecule has 6 heteroatoms. The summed E-state index contributed by atoms with van der Waals surface area (Å²) < 4.78 is 44.5. The van der Waals surface area contributed by atoms with E-state index in [0.717, 1.165) is 17.7 Å². The molecule has 0 aliphatic rings. The van der Waals surface area contributed by atoms with Crippen LogP contribution in [0.15, 0.2) is 30.5 Å². The topological polar surface area (TPSA) is 34.1 Å². The minimum absolute atomic E-state index is 0.328. The number of benzene rings is 1. The Morgan fingerprint density at radius 3 is 2.52 bits per heavy atom. The molecule has 2 aromatic rings. The summed E-state index contributed by atoms with van der Waals surface area (Å²) in [6, 6.07) is 5.20. The lowest BCUT2D eigenvalue weighted by Crippen LogP contribution is -2.19. The summed E-state index contributed by atoms with van der Waals surface area (Å²) in [7, 11) is 1.51. The Bertz CT molecular complexity index is 611. The average molecular weight is 296 g/mol. The quantitative estimate of drug-likeness (QED) is 0.859. The largest absolute Gasteiger partial charge is 0.481 e. The molecule has 1 atom stereocenters. The molecule has 0 aliphatic heterocycles. The van der Waals surface area contributed by atoms with Crippen molar-refractivity contribution in [2.45, 2.75) is 19.5 Å². The minimum Gasteiger partial charge on any atom is -0.481 e. The number of nitrogens with zero attached hydrogens (tertiary/aromatic N) is 1. The Balaban J connectivity index is 2.10. The Morgan fingerprint density at radius 1 is 1.24 bits per heavy atom. The van der Waals surface area contributed by atoms with Crippen molar-refractivity contribution in [3.63, 3.8) is 0 Å². The van der Waals surface area contributed by atoms with Gasteiger partial charge in [0.15, 0.2) is 17.5 Å². The predicted molar refractivity (Wildman–Crippen MR) is 72.4 cm³/mol. The van der Waals surface area contributed by atoms with E-state index in [9.17, 15) is 13.2 Å². The number of ether oxygens (including phenoxy) is 1. The van der Waals surface area contributed by atoms with Gasteiger partial charge in [0.1, 0.15) is 0 Å². The van der Waals surface area contributed by atoms with Crippen molar-refractivity contribution < 1.29 is 17.9 Å². The normalized spacial score (nSPS) is 12.2. The molecule has 21 heavy (non-hydrogen) atoms. The first-order valence-electron chi connectivity index (χ1n) is 6.38. The van der Waals surface area contributed by atoms with Crippen LogP contribution in [0.5, 0.6) is 5.88 Å². The Hall–Kier alpha value is -2.08. The highest BCUT2D eigenvalue weighted by molar-refractivity contribution is 5.26. The standard InChI is InChI=1S/C15H15F3N2O/c1-9(11-6-12(16)14(18)13(17)7-11)20-8-10-4-3-5-19-15(10)21-2/h3-7,9,20H,8H2,1-2H3/t9-/m1/s1. The maximum absolute atomic E-state index is 13.2. The Labute approximate surface area is 120 Å². The van der Waals surface area contributed by atoms with Crippen molar-refractivity contribution in [1.82, 2.24) is 10.3 Å². The van der Waals surface area contributed by atoms with Crippen LogP contribution in [0.4, 0.5) is 13.2 Å². The maximum Gasteiger partial charge on any atom is 0.217 e. The van der Waals surface area contributed by atoms with Crippen molar-refractivity contribution in [1.29, 1.82) is 0 Å². The Morgan fingerprint density at radius 2 is 1.90 bits per heavy atom. The third kappa shape index (κ3) is 3.52. The first-order valence-corrected chi connectivity index (χ1v) is 6.38. The summed E-state index contributed by atoms with van der Waals surface area (Å²) in [5.41, 5.74) is 1.14. The molecule has 1 N–H and O–H groups in total. The number of hydrogen-bond acceptors (Lipinski definition) is 3. The molecule has 0 bridgehead atoms. The molecule has 0 radical (unpaired) electrons. The summed E-state index contributed by atoms with van der Waals surface area (Å²) in [6.45, 7) is 2.13. The van der Waals surface area contributed by atoms with Gasteiger partial charge >= 0.3 is 0 Å². The van der Waals surface area contributed by atoms with Gasteiger partial charge in [-0.15, -0.1) is 0 Å². The molecule has 0 fully saturated rings. The van der Waals surface area contributed by atoms with Crippen LogP contribution >= 0.6 is 0 Å². The van der Waals surface area contributed by atoms with Gasteiger partial charge in [-0.2, -0.15) is 0 Å². The van der Waals surface area contributed by atoms with Crippen LogP contribution in [0.3, 0.4) is 0 Å². The van der Waals surface area contributed by atoms with Gasteiger partial charge in [0.2, 0.25) is 5.88 Å². The highest BCUT2D eigenvalue weighted by Gasteiger charge is 2.14. The van der Waals surface area contributed by atoms with E-state index in [4.69, 9.17) is 4.74 Å². The minimum atomic E-state index is -1.46. The molecule has 0 saturated carbocycles. The van der Waals surface area contributed by atoms with Gasteiger partial charge in [-0.3, -0.25) is 0 Å². The van der Waals surface area contributed by atoms with E-state index in [-0.39, 0.29) is 6.04 Å². The Kier molecular flexibility index (Phi) is 4.80. The van der Waals surface area contributed by atoms with Crippen LogP contribution in [0, 0.1) is 17.5 Å². The molecule has 0 spiro atoms. The van der Waals surface area contributed by atoms with Crippen molar-refractivity contribution in [3.8, 4) is 5.88 Å². The molecule has 0 saturated heterocycles. The summed E-state index contributed by atoms with van der Waals surface area (Å²) in [6.07, 6.45) is 1.61. The smallest absolute Gasteiger partial charge is 0.217 e. The second-order valence-electron chi connectivity index (χ2n) is 4.57. The molecule has 3 nitrogen and oxygen atoms in total. The van der Waals surface area contributed by atoms with E-state index in [0.29, 0.717) is 18.0 Å². The van der Waals surface area contributed by atoms with Gasteiger partial charge in [-0.1, -0.05) is 6.07 Å². The number of hydrogen-bond donors (Lipinski definition) is 1. The summed E-state index contributed by atoms with van der Waals surface area (Å²) in [5, 5.41) is 3.09. The lowest BCUT2D eigenvalue weighted by Gasteiger charge is -2.15. The van der Waals surface area contributed by atoms with Crippen LogP contribution in [0.2, 0.25) is 0 Å². The molecular formula is C15H15F3N2O. The zero-order chi connectivity index (χ0) is 15.4. The highest BCUT2D eigenvalue weighted by Crippen LogP contribution is 2.20. The van der Waals surface area contributed by atoms with Crippen molar-refractivity contribution >= 4 is 0 Å². The fraction of sp³-hybridized carbons (Fsp3) is 0.267. The lowest BCUT2D eigenvalue weighted by atomic mass is 10.1. The van der Waals surface area contributed by atoms with Gasteiger partial charge in [-0.25, -0.2) is 18.2 Å². The fourth-order valence-corrected chi connectivity index (χ4v) is 1.95. The van der Waals surface area contributed by atoms with Crippen LogP contribution < -0.4 is 10.1 Å². The monoisotopic (exact) mass is 296 g/mol. The number of nitrogens with one attached hydrogen (secondary N) is 1. The number of halogens is 3. The van der Waals surface area contributed by atoms with Gasteiger partial charge in [0.05, 0.1) is 7.11 Å². The van der Waals surface area contributed by atoms with E-state index in [1.807, 2.05) is 6.07 Å². The molecule has 0 unspecified atom stereocenters. The van der Waals surface area contributed by atoms with Crippen LogP contribution in [0.1, 0.15) is 24.1 Å². The second-order valence-corrected chi connectivity index (χ2v) is 4.57. The van der Waals surface area contributed by atoms with E-state index < -0.39 is 17.5 Å². The van der Waals surface area contributed by atoms with E-state index in [1.165, 1.54) is 7.11 Å². The molecule has 1 heterocycles. The molecule has 1 aromatic heterocycles. The molecule has 112 valence electrons. The predicted octanol–water partition coefficient (Wildman–Crippen LogP) is 3.36.